The molecule has 0 fully saturated rings. The van der Waals surface area contributed by atoms with E-state index in [2.05, 4.69) is 38.8 Å². The first kappa shape index (κ1) is 10.5. The Bertz CT molecular complexity index is 218. The summed E-state index contributed by atoms with van der Waals surface area (Å²) in [5, 5.41) is 0. The van der Waals surface area contributed by atoms with Crippen molar-refractivity contribution in [2.75, 3.05) is 0 Å². The topological polar surface area (TPSA) is 12.4 Å². The summed E-state index contributed by atoms with van der Waals surface area (Å²) in [6, 6.07) is 0. The summed E-state index contributed by atoms with van der Waals surface area (Å²) in [6.45, 7) is 9.17. The normalized spacial score (nSPS) is 18.9. The van der Waals surface area contributed by atoms with Crippen LogP contribution in [0.15, 0.2) is 16.8 Å². The highest BCUT2D eigenvalue weighted by molar-refractivity contribution is 5.64. The number of rotatable bonds is 3. The van der Waals surface area contributed by atoms with Gasteiger partial charge in [-0.05, 0) is 11.8 Å². The summed E-state index contributed by atoms with van der Waals surface area (Å²) >= 11 is 0. The van der Waals surface area contributed by atoms with Crippen LogP contribution in [0.5, 0.6) is 0 Å². The van der Waals surface area contributed by atoms with E-state index in [1.807, 2.05) is 6.21 Å². The van der Waals surface area contributed by atoms with Crippen LogP contribution in [-0.4, -0.2) is 6.21 Å². The number of allylic oxidation sites excluding steroid dienone is 2. The average Bonchev–Trinajstić information content (AvgIpc) is 2.49. The van der Waals surface area contributed by atoms with Crippen molar-refractivity contribution in [3.63, 3.8) is 0 Å². The van der Waals surface area contributed by atoms with Crippen LogP contribution in [0.25, 0.3) is 0 Å². The second-order valence-electron chi connectivity index (χ2n) is 4.88. The van der Waals surface area contributed by atoms with E-state index in [9.17, 15) is 0 Å². The molecule has 0 saturated heterocycles. The van der Waals surface area contributed by atoms with Crippen LogP contribution < -0.4 is 0 Å². The van der Waals surface area contributed by atoms with E-state index in [1.54, 1.807) is 0 Å². The molecule has 0 spiro atoms. The van der Waals surface area contributed by atoms with Gasteiger partial charge in [0.2, 0.25) is 0 Å². The van der Waals surface area contributed by atoms with Crippen molar-refractivity contribution in [1.82, 2.24) is 0 Å². The van der Waals surface area contributed by atoms with Crippen molar-refractivity contribution in [1.29, 1.82) is 0 Å². The van der Waals surface area contributed by atoms with Crippen LogP contribution in [0.3, 0.4) is 0 Å². The Morgan fingerprint density at radius 1 is 1.46 bits per heavy atom. The average molecular weight is 179 g/mol. The summed E-state index contributed by atoms with van der Waals surface area (Å²) in [5.41, 5.74) is 1.66. The van der Waals surface area contributed by atoms with Gasteiger partial charge in [-0.25, -0.2) is 0 Å². The van der Waals surface area contributed by atoms with Crippen molar-refractivity contribution in [3.8, 4) is 0 Å². The van der Waals surface area contributed by atoms with Gasteiger partial charge in [0.15, 0.2) is 0 Å². The van der Waals surface area contributed by atoms with E-state index in [4.69, 9.17) is 0 Å². The molecule has 1 heteroatoms. The van der Waals surface area contributed by atoms with Gasteiger partial charge in [0.25, 0.3) is 0 Å². The quantitative estimate of drug-likeness (QED) is 0.624. The fourth-order valence-electron chi connectivity index (χ4n) is 1.93. The molecule has 0 aromatic rings. The van der Waals surface area contributed by atoms with Gasteiger partial charge in [0, 0.05) is 24.3 Å². The molecule has 0 amide bonds. The third kappa shape index (κ3) is 2.68. The molecule has 0 bridgehead atoms. The van der Waals surface area contributed by atoms with Gasteiger partial charge >= 0.3 is 0 Å². The molecule has 1 aliphatic heterocycles. The fourth-order valence-corrected chi connectivity index (χ4v) is 1.93. The Balaban J connectivity index is 2.73. The number of hydrogen-bond donors (Lipinski definition) is 0. The lowest BCUT2D eigenvalue weighted by molar-refractivity contribution is 0.261. The van der Waals surface area contributed by atoms with E-state index in [-0.39, 0.29) is 0 Å². The molecule has 1 atom stereocenters. The molecule has 1 unspecified atom stereocenters. The molecule has 0 saturated carbocycles. The molecule has 0 radical (unpaired) electrons. The summed E-state index contributed by atoms with van der Waals surface area (Å²) in [7, 11) is 0. The van der Waals surface area contributed by atoms with Gasteiger partial charge in [-0.3, -0.25) is 4.99 Å². The minimum atomic E-state index is 0.351. The van der Waals surface area contributed by atoms with Crippen LogP contribution in [0.2, 0.25) is 0 Å². The van der Waals surface area contributed by atoms with Crippen molar-refractivity contribution in [2.45, 2.75) is 47.0 Å². The predicted octanol–water partition coefficient (Wildman–Crippen LogP) is 3.81. The molecule has 74 valence electrons. The largest absolute Gasteiger partial charge is 0.265 e. The standard InChI is InChI=1S/C12H21N/c1-5-7-10(12(2,3)4)11-8-6-9-13-11/h8-10H,5-7H2,1-4H3. The van der Waals surface area contributed by atoms with E-state index in [1.165, 1.54) is 18.5 Å². The molecule has 0 N–H and O–H groups in total. The first-order chi connectivity index (χ1) is 6.05. The van der Waals surface area contributed by atoms with Gasteiger partial charge in [-0.2, -0.15) is 0 Å². The third-order valence-corrected chi connectivity index (χ3v) is 2.65. The lowest BCUT2D eigenvalue weighted by atomic mass is 9.76. The summed E-state index contributed by atoms with van der Waals surface area (Å²) in [6.07, 6.45) is 7.82. The smallest absolute Gasteiger partial charge is 0.0399 e. The van der Waals surface area contributed by atoms with Crippen LogP contribution in [0, 0.1) is 11.3 Å². The lowest BCUT2D eigenvalue weighted by Gasteiger charge is -2.30. The van der Waals surface area contributed by atoms with E-state index in [0.29, 0.717) is 11.3 Å². The molecular weight excluding hydrogens is 158 g/mol. The first-order valence-corrected chi connectivity index (χ1v) is 5.28. The van der Waals surface area contributed by atoms with Crippen molar-refractivity contribution in [2.24, 2.45) is 16.3 Å². The Kier molecular flexibility index (Phi) is 3.29. The molecule has 13 heavy (non-hydrogen) atoms. The second kappa shape index (κ2) is 4.08. The Morgan fingerprint density at radius 2 is 2.15 bits per heavy atom. The molecule has 1 rings (SSSR count). The zero-order chi connectivity index (χ0) is 9.90. The third-order valence-electron chi connectivity index (χ3n) is 2.65. The highest BCUT2D eigenvalue weighted by Gasteiger charge is 2.27. The maximum absolute atomic E-state index is 4.46. The summed E-state index contributed by atoms with van der Waals surface area (Å²) < 4.78 is 0. The minimum Gasteiger partial charge on any atom is -0.265 e. The van der Waals surface area contributed by atoms with Gasteiger partial charge in [-0.15, -0.1) is 0 Å². The monoisotopic (exact) mass is 179 g/mol. The van der Waals surface area contributed by atoms with Crippen LogP contribution in [0.1, 0.15) is 47.0 Å². The predicted molar refractivity (Wildman–Crippen MR) is 59.0 cm³/mol. The summed E-state index contributed by atoms with van der Waals surface area (Å²) in [4.78, 5) is 4.46. The maximum Gasteiger partial charge on any atom is 0.0399 e. The first-order valence-electron chi connectivity index (χ1n) is 5.28. The molecule has 1 nitrogen and oxygen atoms in total. The van der Waals surface area contributed by atoms with Crippen LogP contribution >= 0.6 is 0 Å². The SMILES string of the molecule is CCCC(C1=CCC=N1)C(C)(C)C. The molecule has 0 aromatic carbocycles. The van der Waals surface area contributed by atoms with E-state index >= 15 is 0 Å². The number of aliphatic imine (C=N–C) groups is 1. The van der Waals surface area contributed by atoms with Crippen molar-refractivity contribution in [3.05, 3.63) is 11.8 Å². The van der Waals surface area contributed by atoms with Crippen molar-refractivity contribution >= 4 is 6.21 Å². The van der Waals surface area contributed by atoms with Crippen molar-refractivity contribution < 1.29 is 0 Å². The highest BCUT2D eigenvalue weighted by atomic mass is 14.8. The minimum absolute atomic E-state index is 0.351. The zero-order valence-electron chi connectivity index (χ0n) is 9.30. The van der Waals surface area contributed by atoms with Gasteiger partial charge in [0.05, 0.1) is 0 Å². The lowest BCUT2D eigenvalue weighted by Crippen LogP contribution is -2.21. The van der Waals surface area contributed by atoms with Gasteiger partial charge < -0.3 is 0 Å². The summed E-state index contributed by atoms with van der Waals surface area (Å²) in [5.74, 6) is 0.635. The zero-order valence-corrected chi connectivity index (χ0v) is 9.30. The number of nitrogens with zero attached hydrogens (tertiary/aromatic N) is 1. The Labute approximate surface area is 82.0 Å². The fraction of sp³-hybridized carbons (Fsp3) is 0.750. The molecule has 0 aromatic heterocycles. The number of hydrogen-bond acceptors (Lipinski definition) is 1. The molecular formula is C12H21N. The highest BCUT2D eigenvalue weighted by Crippen LogP contribution is 2.37. The molecule has 1 aliphatic rings. The Morgan fingerprint density at radius 3 is 2.54 bits per heavy atom. The molecule has 1 heterocycles. The van der Waals surface area contributed by atoms with Crippen LogP contribution in [-0.2, 0) is 0 Å². The maximum atomic E-state index is 4.46. The Hall–Kier alpha value is -0.590. The van der Waals surface area contributed by atoms with Gasteiger partial charge in [0.1, 0.15) is 0 Å². The van der Waals surface area contributed by atoms with E-state index < -0.39 is 0 Å². The second-order valence-corrected chi connectivity index (χ2v) is 4.88. The van der Waals surface area contributed by atoms with Gasteiger partial charge in [-0.1, -0.05) is 40.2 Å². The van der Waals surface area contributed by atoms with Crippen LogP contribution in [0.4, 0.5) is 0 Å². The molecule has 0 aliphatic carbocycles. The van der Waals surface area contributed by atoms with E-state index in [0.717, 1.165) is 6.42 Å².